The molecule has 0 aromatic carbocycles. The molecule has 0 aliphatic rings. The molecule has 6 nitrogen and oxygen atoms in total. The first-order valence-corrected chi connectivity index (χ1v) is 3.56. The van der Waals surface area contributed by atoms with Crippen LogP contribution in [0.1, 0.15) is 0 Å². The first-order chi connectivity index (χ1) is 5.33. The largest absolute Gasteiger partial charge is 0.395 e. The number of hydrogen-bond donors (Lipinski definition) is 6. The van der Waals surface area contributed by atoms with Gasteiger partial charge in [0.1, 0.15) is 0 Å². The van der Waals surface area contributed by atoms with Gasteiger partial charge in [-0.25, -0.2) is 0 Å². The van der Waals surface area contributed by atoms with Crippen molar-refractivity contribution in [1.29, 1.82) is 0 Å². The van der Waals surface area contributed by atoms with E-state index < -0.39 is 0 Å². The SMILES string of the molecule is N.NCCO.OCCNCCO. The van der Waals surface area contributed by atoms with Crippen molar-refractivity contribution in [3.8, 4) is 0 Å². The van der Waals surface area contributed by atoms with Crippen molar-refractivity contribution >= 4 is 0 Å². The zero-order chi connectivity index (χ0) is 8.95. The maximum absolute atomic E-state index is 8.15. The van der Waals surface area contributed by atoms with Crippen LogP contribution in [0.5, 0.6) is 0 Å². The van der Waals surface area contributed by atoms with Crippen molar-refractivity contribution in [3.63, 3.8) is 0 Å². The van der Waals surface area contributed by atoms with Gasteiger partial charge in [0.2, 0.25) is 0 Å². The van der Waals surface area contributed by atoms with Crippen LogP contribution in [-0.4, -0.2) is 54.8 Å². The lowest BCUT2D eigenvalue weighted by molar-refractivity contribution is 0.266. The van der Waals surface area contributed by atoms with Gasteiger partial charge in [0.05, 0.1) is 19.8 Å². The molecule has 0 spiro atoms. The van der Waals surface area contributed by atoms with Crippen molar-refractivity contribution in [3.05, 3.63) is 0 Å². The smallest absolute Gasteiger partial charge is 0.0555 e. The van der Waals surface area contributed by atoms with E-state index in [-0.39, 0.29) is 26.0 Å². The quantitative estimate of drug-likeness (QED) is 0.264. The fraction of sp³-hybridized carbons (Fsp3) is 1.00. The van der Waals surface area contributed by atoms with Crippen molar-refractivity contribution < 1.29 is 15.3 Å². The lowest BCUT2D eigenvalue weighted by atomic mass is 10.6. The summed E-state index contributed by atoms with van der Waals surface area (Å²) in [6, 6.07) is 0. The fourth-order valence-corrected chi connectivity index (χ4v) is 0.283. The summed E-state index contributed by atoms with van der Waals surface area (Å²) in [5, 5.41) is 26.8. The molecular weight excluding hydrogens is 162 g/mol. The lowest BCUT2D eigenvalue weighted by Crippen LogP contribution is -2.21. The Morgan fingerprint density at radius 2 is 1.25 bits per heavy atom. The molecule has 12 heavy (non-hydrogen) atoms. The Kier molecular flexibility index (Phi) is 33.2. The first kappa shape index (κ1) is 17.7. The van der Waals surface area contributed by atoms with Crippen LogP contribution in [0.15, 0.2) is 0 Å². The average molecular weight is 183 g/mol. The van der Waals surface area contributed by atoms with Crippen LogP contribution in [0.2, 0.25) is 0 Å². The predicted octanol–water partition coefficient (Wildman–Crippen LogP) is -2.34. The van der Waals surface area contributed by atoms with Crippen LogP contribution in [0.4, 0.5) is 0 Å². The highest BCUT2D eigenvalue weighted by molar-refractivity contribution is 4.39. The maximum Gasteiger partial charge on any atom is 0.0555 e. The van der Waals surface area contributed by atoms with E-state index in [1.54, 1.807) is 0 Å². The van der Waals surface area contributed by atoms with E-state index in [0.717, 1.165) is 0 Å². The van der Waals surface area contributed by atoms with Gasteiger partial charge >= 0.3 is 0 Å². The first-order valence-electron chi connectivity index (χ1n) is 3.56. The molecule has 0 aliphatic carbocycles. The molecule has 0 bridgehead atoms. The minimum absolute atomic E-state index is 0. The molecule has 0 heterocycles. The maximum atomic E-state index is 8.15. The molecule has 9 N–H and O–H groups in total. The lowest BCUT2D eigenvalue weighted by Gasteiger charge is -1.94. The zero-order valence-corrected chi connectivity index (χ0v) is 7.37. The minimum atomic E-state index is 0. The molecule has 0 radical (unpaired) electrons. The third-order valence-electron chi connectivity index (χ3n) is 0.706. The highest BCUT2D eigenvalue weighted by Crippen LogP contribution is 1.54. The molecule has 0 aromatic heterocycles. The number of hydrogen-bond acceptors (Lipinski definition) is 6. The topological polar surface area (TPSA) is 134 Å². The Morgan fingerprint density at radius 3 is 1.42 bits per heavy atom. The molecule has 0 atom stereocenters. The molecule has 0 saturated heterocycles. The number of nitrogens with two attached hydrogens (primary N) is 1. The van der Waals surface area contributed by atoms with Gasteiger partial charge in [0, 0.05) is 19.6 Å². The Morgan fingerprint density at radius 1 is 0.917 bits per heavy atom. The van der Waals surface area contributed by atoms with Gasteiger partial charge in [-0.3, -0.25) is 0 Å². The van der Waals surface area contributed by atoms with E-state index in [4.69, 9.17) is 21.1 Å². The van der Waals surface area contributed by atoms with Gasteiger partial charge in [-0.1, -0.05) is 0 Å². The molecule has 0 fully saturated rings. The normalized spacial score (nSPS) is 8.00. The second-order valence-corrected chi connectivity index (χ2v) is 1.71. The van der Waals surface area contributed by atoms with Gasteiger partial charge in [0.15, 0.2) is 0 Å². The van der Waals surface area contributed by atoms with Crippen LogP contribution in [0, 0.1) is 0 Å². The van der Waals surface area contributed by atoms with E-state index >= 15 is 0 Å². The van der Waals surface area contributed by atoms with Crippen molar-refractivity contribution in [1.82, 2.24) is 11.5 Å². The van der Waals surface area contributed by atoms with Crippen LogP contribution >= 0.6 is 0 Å². The average Bonchev–Trinajstić information content (AvgIpc) is 2.06. The zero-order valence-electron chi connectivity index (χ0n) is 7.37. The summed E-state index contributed by atoms with van der Waals surface area (Å²) in [6.07, 6.45) is 0. The summed E-state index contributed by atoms with van der Waals surface area (Å²) >= 11 is 0. The Hall–Kier alpha value is -0.240. The highest BCUT2D eigenvalue weighted by atomic mass is 16.3. The minimum Gasteiger partial charge on any atom is -0.395 e. The predicted molar refractivity (Wildman–Crippen MR) is 48.2 cm³/mol. The van der Waals surface area contributed by atoms with Gasteiger partial charge in [0.25, 0.3) is 0 Å². The monoisotopic (exact) mass is 183 g/mol. The molecule has 0 rings (SSSR count). The second-order valence-electron chi connectivity index (χ2n) is 1.71. The van der Waals surface area contributed by atoms with E-state index in [1.807, 2.05) is 0 Å². The summed E-state index contributed by atoms with van der Waals surface area (Å²) in [5.41, 5.74) is 4.78. The van der Waals surface area contributed by atoms with Gasteiger partial charge in [-0.15, -0.1) is 0 Å². The Bertz CT molecular complexity index is 51.3. The van der Waals surface area contributed by atoms with Crippen molar-refractivity contribution in [2.24, 2.45) is 5.73 Å². The molecule has 0 amide bonds. The second kappa shape index (κ2) is 22.4. The van der Waals surface area contributed by atoms with E-state index in [2.05, 4.69) is 5.32 Å². The van der Waals surface area contributed by atoms with Crippen LogP contribution < -0.4 is 17.2 Å². The van der Waals surface area contributed by atoms with E-state index in [9.17, 15) is 0 Å². The van der Waals surface area contributed by atoms with Gasteiger partial charge in [-0.2, -0.15) is 0 Å². The van der Waals surface area contributed by atoms with E-state index in [1.165, 1.54) is 0 Å². The van der Waals surface area contributed by atoms with E-state index in [0.29, 0.717) is 19.6 Å². The van der Waals surface area contributed by atoms with Crippen molar-refractivity contribution in [2.75, 3.05) is 39.5 Å². The standard InChI is InChI=1S/C4H11NO2.C2H7NO.H3N/c6-3-1-5-2-4-7;3-1-2-4;/h5-7H,1-4H2;4H,1-3H2;1H3. The molecular formula is C6H21N3O3. The third kappa shape index (κ3) is 33.1. The number of nitrogens with one attached hydrogen (secondary N) is 1. The third-order valence-corrected chi connectivity index (χ3v) is 0.706. The summed E-state index contributed by atoms with van der Waals surface area (Å²) < 4.78 is 0. The fourth-order valence-electron chi connectivity index (χ4n) is 0.283. The summed E-state index contributed by atoms with van der Waals surface area (Å²) in [6.45, 7) is 1.89. The Balaban J connectivity index is -0.000000142. The Labute approximate surface area is 73.0 Å². The number of aliphatic hydroxyl groups is 3. The molecule has 6 heteroatoms. The van der Waals surface area contributed by atoms with Gasteiger partial charge in [-0.05, 0) is 0 Å². The van der Waals surface area contributed by atoms with Crippen molar-refractivity contribution in [2.45, 2.75) is 0 Å². The number of rotatable bonds is 5. The molecule has 0 aliphatic heterocycles. The van der Waals surface area contributed by atoms with Crippen LogP contribution in [-0.2, 0) is 0 Å². The van der Waals surface area contributed by atoms with Crippen LogP contribution in [0.25, 0.3) is 0 Å². The molecule has 0 saturated carbocycles. The molecule has 78 valence electrons. The van der Waals surface area contributed by atoms with Crippen LogP contribution in [0.3, 0.4) is 0 Å². The summed E-state index contributed by atoms with van der Waals surface area (Å²) in [4.78, 5) is 0. The summed E-state index contributed by atoms with van der Waals surface area (Å²) in [7, 11) is 0. The van der Waals surface area contributed by atoms with Gasteiger partial charge < -0.3 is 32.5 Å². The summed E-state index contributed by atoms with van der Waals surface area (Å²) in [5.74, 6) is 0. The highest BCUT2D eigenvalue weighted by Gasteiger charge is 1.78. The molecule has 0 unspecified atom stereocenters. The number of aliphatic hydroxyl groups excluding tert-OH is 3. The molecule has 0 aromatic rings.